The smallest absolute Gasteiger partial charge is 0.0702 e. The fourth-order valence-electron chi connectivity index (χ4n) is 2.93. The molecule has 0 aromatic heterocycles. The fraction of sp³-hybridized carbons (Fsp3) is 1.00. The normalized spacial score (nSPS) is 35.3. The molecule has 2 aliphatic heterocycles. The quantitative estimate of drug-likeness (QED) is 0.781. The second-order valence-corrected chi connectivity index (χ2v) is 5.31. The minimum Gasteiger partial charge on any atom is -0.379 e. The topological polar surface area (TPSA) is 47.7 Å². The maximum atomic E-state index is 5.98. The van der Waals surface area contributed by atoms with E-state index in [2.05, 4.69) is 11.8 Å². The van der Waals surface area contributed by atoms with Crippen LogP contribution in [0.3, 0.4) is 0 Å². The van der Waals surface area contributed by atoms with Gasteiger partial charge in [0, 0.05) is 26.3 Å². The number of ether oxygens (including phenoxy) is 2. The summed E-state index contributed by atoms with van der Waals surface area (Å²) in [6.07, 6.45) is 4.98. The van der Waals surface area contributed by atoms with Crippen molar-refractivity contribution in [1.82, 2.24) is 4.90 Å². The molecule has 4 nitrogen and oxygen atoms in total. The summed E-state index contributed by atoms with van der Waals surface area (Å²) in [5.74, 6) is 0. The van der Waals surface area contributed by atoms with Gasteiger partial charge in [-0.2, -0.15) is 0 Å². The minimum absolute atomic E-state index is 0.0915. The van der Waals surface area contributed by atoms with Gasteiger partial charge >= 0.3 is 0 Å². The van der Waals surface area contributed by atoms with Gasteiger partial charge < -0.3 is 15.2 Å². The van der Waals surface area contributed by atoms with Gasteiger partial charge in [0.25, 0.3) is 0 Å². The molecule has 2 heterocycles. The first-order valence-corrected chi connectivity index (χ1v) is 6.95. The van der Waals surface area contributed by atoms with Crippen LogP contribution >= 0.6 is 0 Å². The van der Waals surface area contributed by atoms with Crippen LogP contribution in [0, 0.1) is 0 Å². The van der Waals surface area contributed by atoms with Crippen LogP contribution in [0.5, 0.6) is 0 Å². The van der Waals surface area contributed by atoms with E-state index in [1.165, 1.54) is 12.8 Å². The first-order valence-electron chi connectivity index (χ1n) is 6.95. The van der Waals surface area contributed by atoms with E-state index >= 15 is 0 Å². The molecule has 4 heteroatoms. The average Bonchev–Trinajstić information content (AvgIpc) is 2.87. The monoisotopic (exact) mass is 242 g/mol. The van der Waals surface area contributed by atoms with Gasteiger partial charge in [-0.1, -0.05) is 6.92 Å². The standard InChI is InChI=1S/C13H26N2O2/c1-2-7-17-12-4-3-6-15(9-12)13(10-14)5-8-16-11-13/h12H,2-11,14H2,1H3. The number of likely N-dealkylation sites (tertiary alicyclic amines) is 1. The van der Waals surface area contributed by atoms with Crippen molar-refractivity contribution in [2.45, 2.75) is 44.2 Å². The van der Waals surface area contributed by atoms with Crippen LogP contribution < -0.4 is 5.73 Å². The second kappa shape index (κ2) is 6.14. The SMILES string of the molecule is CCCOC1CCCN(C2(CN)CCOC2)C1. The van der Waals surface area contributed by atoms with E-state index in [-0.39, 0.29) is 5.54 Å². The van der Waals surface area contributed by atoms with Crippen LogP contribution in [0.15, 0.2) is 0 Å². The van der Waals surface area contributed by atoms with Gasteiger partial charge in [-0.15, -0.1) is 0 Å². The molecule has 2 fully saturated rings. The number of rotatable bonds is 5. The van der Waals surface area contributed by atoms with Crippen molar-refractivity contribution in [2.75, 3.05) is 39.5 Å². The summed E-state index contributed by atoms with van der Waals surface area (Å²) in [5, 5.41) is 0. The Morgan fingerprint density at radius 3 is 3.06 bits per heavy atom. The highest BCUT2D eigenvalue weighted by Crippen LogP contribution is 2.29. The number of hydrogen-bond acceptors (Lipinski definition) is 4. The molecule has 17 heavy (non-hydrogen) atoms. The molecule has 100 valence electrons. The Morgan fingerprint density at radius 2 is 2.41 bits per heavy atom. The molecule has 2 N–H and O–H groups in total. The Hall–Kier alpha value is -0.160. The molecule has 0 spiro atoms. The second-order valence-electron chi connectivity index (χ2n) is 5.31. The molecular formula is C13H26N2O2. The zero-order valence-electron chi connectivity index (χ0n) is 11.0. The maximum absolute atomic E-state index is 5.98. The van der Waals surface area contributed by atoms with Crippen molar-refractivity contribution >= 4 is 0 Å². The van der Waals surface area contributed by atoms with Gasteiger partial charge in [0.05, 0.1) is 18.2 Å². The van der Waals surface area contributed by atoms with E-state index < -0.39 is 0 Å². The summed E-state index contributed by atoms with van der Waals surface area (Å²) in [6.45, 7) is 7.57. The zero-order valence-corrected chi connectivity index (χ0v) is 11.0. The molecule has 0 aliphatic carbocycles. The van der Waals surface area contributed by atoms with Crippen LogP contribution in [0.1, 0.15) is 32.6 Å². The zero-order chi connectivity index (χ0) is 12.1. The molecule has 0 bridgehead atoms. The van der Waals surface area contributed by atoms with Crippen LogP contribution in [-0.2, 0) is 9.47 Å². The average molecular weight is 242 g/mol. The summed E-state index contributed by atoms with van der Waals surface area (Å²) in [4.78, 5) is 2.52. The third-order valence-corrected chi connectivity index (χ3v) is 4.07. The predicted octanol–water partition coefficient (Wildman–Crippen LogP) is 0.995. The van der Waals surface area contributed by atoms with Gasteiger partial charge in [-0.05, 0) is 32.2 Å². The fourth-order valence-corrected chi connectivity index (χ4v) is 2.93. The molecule has 0 aromatic rings. The van der Waals surface area contributed by atoms with Crippen molar-refractivity contribution in [3.05, 3.63) is 0 Å². The van der Waals surface area contributed by atoms with Gasteiger partial charge in [0.15, 0.2) is 0 Å². The predicted molar refractivity (Wildman–Crippen MR) is 68.1 cm³/mol. The van der Waals surface area contributed by atoms with E-state index in [0.717, 1.165) is 45.8 Å². The van der Waals surface area contributed by atoms with Crippen molar-refractivity contribution < 1.29 is 9.47 Å². The Morgan fingerprint density at radius 1 is 1.53 bits per heavy atom. The van der Waals surface area contributed by atoms with E-state index in [4.69, 9.17) is 15.2 Å². The summed E-state index contributed by atoms with van der Waals surface area (Å²) in [5.41, 5.74) is 6.07. The highest BCUT2D eigenvalue weighted by atomic mass is 16.5. The molecule has 2 rings (SSSR count). The summed E-state index contributed by atoms with van der Waals surface area (Å²) in [7, 11) is 0. The molecular weight excluding hydrogens is 216 g/mol. The molecule has 0 amide bonds. The molecule has 2 atom stereocenters. The van der Waals surface area contributed by atoms with Crippen molar-refractivity contribution in [3.63, 3.8) is 0 Å². The highest BCUT2D eigenvalue weighted by Gasteiger charge is 2.41. The number of hydrogen-bond donors (Lipinski definition) is 1. The lowest BCUT2D eigenvalue weighted by Crippen LogP contribution is -2.58. The molecule has 2 saturated heterocycles. The lowest BCUT2D eigenvalue weighted by atomic mass is 9.93. The van der Waals surface area contributed by atoms with Crippen LogP contribution in [0.2, 0.25) is 0 Å². The van der Waals surface area contributed by atoms with Gasteiger partial charge in [-0.25, -0.2) is 0 Å². The van der Waals surface area contributed by atoms with Crippen LogP contribution in [-0.4, -0.2) is 56.0 Å². The van der Waals surface area contributed by atoms with Crippen LogP contribution in [0.4, 0.5) is 0 Å². The molecule has 0 radical (unpaired) electrons. The third-order valence-electron chi connectivity index (χ3n) is 4.07. The molecule has 2 unspecified atom stereocenters. The van der Waals surface area contributed by atoms with Crippen LogP contribution in [0.25, 0.3) is 0 Å². The molecule has 0 aromatic carbocycles. The largest absolute Gasteiger partial charge is 0.379 e. The summed E-state index contributed by atoms with van der Waals surface area (Å²) < 4.78 is 11.4. The Kier molecular flexibility index (Phi) is 4.79. The third kappa shape index (κ3) is 2.99. The summed E-state index contributed by atoms with van der Waals surface area (Å²) >= 11 is 0. The molecule has 2 aliphatic rings. The van der Waals surface area contributed by atoms with E-state index in [1.807, 2.05) is 0 Å². The van der Waals surface area contributed by atoms with Gasteiger partial charge in [-0.3, -0.25) is 4.90 Å². The summed E-state index contributed by atoms with van der Waals surface area (Å²) in [6, 6.07) is 0. The van der Waals surface area contributed by atoms with Gasteiger partial charge in [0.2, 0.25) is 0 Å². The van der Waals surface area contributed by atoms with E-state index in [9.17, 15) is 0 Å². The lowest BCUT2D eigenvalue weighted by Gasteiger charge is -2.44. The van der Waals surface area contributed by atoms with Gasteiger partial charge in [0.1, 0.15) is 0 Å². The number of nitrogens with two attached hydrogens (primary N) is 1. The highest BCUT2D eigenvalue weighted by molar-refractivity contribution is 4.97. The first-order chi connectivity index (χ1) is 8.30. The Bertz CT molecular complexity index is 229. The van der Waals surface area contributed by atoms with E-state index in [0.29, 0.717) is 12.6 Å². The van der Waals surface area contributed by atoms with Crippen molar-refractivity contribution in [3.8, 4) is 0 Å². The van der Waals surface area contributed by atoms with Crippen molar-refractivity contribution in [2.24, 2.45) is 5.73 Å². The lowest BCUT2D eigenvalue weighted by molar-refractivity contribution is -0.0381. The Balaban J connectivity index is 1.91. The first kappa shape index (κ1) is 13.3. The van der Waals surface area contributed by atoms with E-state index in [1.54, 1.807) is 0 Å². The maximum Gasteiger partial charge on any atom is 0.0702 e. The molecule has 0 saturated carbocycles. The van der Waals surface area contributed by atoms with Crippen molar-refractivity contribution in [1.29, 1.82) is 0 Å². The number of piperidine rings is 1. The Labute approximate surface area is 104 Å². The minimum atomic E-state index is 0.0915. The number of nitrogens with zero attached hydrogens (tertiary/aromatic N) is 1.